The molecule has 3 heterocycles. The van der Waals surface area contributed by atoms with Gasteiger partial charge in [0.1, 0.15) is 0 Å². The Kier molecular flexibility index (Phi) is 5.94. The van der Waals surface area contributed by atoms with Gasteiger partial charge in [0.05, 0.1) is 24.8 Å². The van der Waals surface area contributed by atoms with E-state index in [9.17, 15) is 4.79 Å². The highest BCUT2D eigenvalue weighted by atomic mass is 16.5. The van der Waals surface area contributed by atoms with E-state index in [1.54, 1.807) is 6.92 Å². The lowest BCUT2D eigenvalue weighted by molar-refractivity contribution is -0.130. The van der Waals surface area contributed by atoms with Gasteiger partial charge in [-0.3, -0.25) is 14.7 Å². The molecule has 2 bridgehead atoms. The third kappa shape index (κ3) is 4.39. The largest absolute Gasteiger partial charge is 0.373 e. The smallest absolute Gasteiger partial charge is 0.219 e. The summed E-state index contributed by atoms with van der Waals surface area (Å²) in [4.78, 5) is 20.4. The fraction of sp³-hybridized carbons (Fsp3) is 0.882. The second-order valence-electron chi connectivity index (χ2n) is 6.97. The van der Waals surface area contributed by atoms with Crippen LogP contribution in [-0.4, -0.2) is 85.7 Å². The van der Waals surface area contributed by atoms with Gasteiger partial charge in [-0.25, -0.2) is 0 Å². The lowest BCUT2D eigenvalue weighted by Crippen LogP contribution is -2.49. The van der Waals surface area contributed by atoms with Gasteiger partial charge >= 0.3 is 0 Å². The van der Waals surface area contributed by atoms with Gasteiger partial charge in [0.2, 0.25) is 5.91 Å². The molecule has 0 aliphatic carbocycles. The molecule has 0 aromatic carbocycles. The molecule has 0 spiro atoms. The van der Waals surface area contributed by atoms with Crippen molar-refractivity contribution in [3.63, 3.8) is 0 Å². The number of guanidine groups is 1. The van der Waals surface area contributed by atoms with Crippen LogP contribution >= 0.6 is 0 Å². The number of nitrogens with zero attached hydrogens (tertiary/aromatic N) is 3. The van der Waals surface area contributed by atoms with Crippen LogP contribution in [0, 0.1) is 0 Å². The van der Waals surface area contributed by atoms with E-state index >= 15 is 0 Å². The Balaban J connectivity index is 1.42. The minimum absolute atomic E-state index is 0.180. The molecule has 0 aromatic rings. The first kappa shape index (κ1) is 17.5. The fourth-order valence-electron chi connectivity index (χ4n) is 3.87. The molecule has 3 fully saturated rings. The van der Waals surface area contributed by atoms with Crippen LogP contribution in [0.5, 0.6) is 0 Å². The zero-order chi connectivity index (χ0) is 16.9. The summed E-state index contributed by atoms with van der Waals surface area (Å²) in [5, 5.41) is 6.89. The molecule has 3 aliphatic heterocycles. The maximum atomic E-state index is 11.4. The second kappa shape index (κ2) is 8.16. The van der Waals surface area contributed by atoms with Crippen LogP contribution in [0.25, 0.3) is 0 Å². The third-order valence-electron chi connectivity index (χ3n) is 5.28. The van der Waals surface area contributed by atoms with Gasteiger partial charge < -0.3 is 20.3 Å². The highest BCUT2D eigenvalue weighted by Gasteiger charge is 2.41. The summed E-state index contributed by atoms with van der Waals surface area (Å²) in [5.41, 5.74) is 0. The van der Waals surface area contributed by atoms with E-state index in [1.807, 2.05) is 4.90 Å². The summed E-state index contributed by atoms with van der Waals surface area (Å²) in [6.07, 6.45) is 4.29. The molecule has 0 aromatic heterocycles. The van der Waals surface area contributed by atoms with Crippen molar-refractivity contribution in [2.24, 2.45) is 4.99 Å². The van der Waals surface area contributed by atoms with Gasteiger partial charge in [-0.05, 0) is 26.2 Å². The lowest BCUT2D eigenvalue weighted by atomic mass is 9.96. The van der Waals surface area contributed by atoms with Crippen molar-refractivity contribution in [1.29, 1.82) is 0 Å². The van der Waals surface area contributed by atoms with Crippen LogP contribution in [0.15, 0.2) is 4.99 Å². The number of carbonyl (C=O) groups is 1. The topological polar surface area (TPSA) is 69.2 Å². The fourth-order valence-corrected chi connectivity index (χ4v) is 3.87. The molecule has 3 atom stereocenters. The Bertz CT molecular complexity index is 462. The number of rotatable bonds is 5. The normalized spacial score (nSPS) is 30.7. The van der Waals surface area contributed by atoms with Crippen LogP contribution < -0.4 is 10.6 Å². The number of aliphatic imine (C=N–C) groups is 1. The third-order valence-corrected chi connectivity index (χ3v) is 5.28. The van der Waals surface area contributed by atoms with E-state index in [4.69, 9.17) is 9.73 Å². The summed E-state index contributed by atoms with van der Waals surface area (Å²) in [6.45, 7) is 9.87. The summed E-state index contributed by atoms with van der Waals surface area (Å²) in [5.74, 6) is 1.08. The van der Waals surface area contributed by atoms with Crippen molar-refractivity contribution in [2.75, 3.05) is 45.8 Å². The SMILES string of the molecule is CCNC(=NCCN1CCN(C(C)=O)CC1)NC1CC2CCC1O2. The van der Waals surface area contributed by atoms with E-state index in [1.165, 1.54) is 12.8 Å². The van der Waals surface area contributed by atoms with Crippen LogP contribution in [0.3, 0.4) is 0 Å². The predicted octanol–water partition coefficient (Wildman–Crippen LogP) is 0.0255. The van der Waals surface area contributed by atoms with Crippen LogP contribution in [0.2, 0.25) is 0 Å². The minimum atomic E-state index is 0.180. The molecule has 2 N–H and O–H groups in total. The Labute approximate surface area is 144 Å². The van der Waals surface area contributed by atoms with Crippen molar-refractivity contribution in [2.45, 2.75) is 51.4 Å². The molecule has 0 saturated carbocycles. The van der Waals surface area contributed by atoms with Gasteiger partial charge in [-0.2, -0.15) is 0 Å². The highest BCUT2D eigenvalue weighted by molar-refractivity contribution is 5.80. The predicted molar refractivity (Wildman–Crippen MR) is 94.1 cm³/mol. The number of piperazine rings is 1. The summed E-state index contributed by atoms with van der Waals surface area (Å²) in [6, 6.07) is 0.403. The number of fused-ring (bicyclic) bond motifs is 2. The number of amides is 1. The number of ether oxygens (including phenoxy) is 1. The standard InChI is InChI=1S/C17H31N5O2/c1-3-18-17(20-15-12-14-4-5-16(15)24-14)19-6-7-21-8-10-22(11-9-21)13(2)23/h14-16H,3-12H2,1-2H3,(H2,18,19,20). The lowest BCUT2D eigenvalue weighted by Gasteiger charge is -2.33. The molecule has 24 heavy (non-hydrogen) atoms. The van der Waals surface area contributed by atoms with Crippen molar-refractivity contribution in [3.8, 4) is 0 Å². The monoisotopic (exact) mass is 337 g/mol. The minimum Gasteiger partial charge on any atom is -0.373 e. The number of hydrogen-bond acceptors (Lipinski definition) is 4. The van der Waals surface area contributed by atoms with Crippen molar-refractivity contribution in [1.82, 2.24) is 20.4 Å². The van der Waals surface area contributed by atoms with Crippen LogP contribution in [0.4, 0.5) is 0 Å². The van der Waals surface area contributed by atoms with Gasteiger partial charge in [-0.1, -0.05) is 0 Å². The zero-order valence-electron chi connectivity index (χ0n) is 15.0. The number of hydrogen-bond donors (Lipinski definition) is 2. The molecule has 3 aliphatic rings. The molecule has 3 rings (SSSR count). The average Bonchev–Trinajstić information content (AvgIpc) is 3.18. The van der Waals surface area contributed by atoms with Crippen LogP contribution in [-0.2, 0) is 9.53 Å². The van der Waals surface area contributed by atoms with Gasteiger partial charge in [-0.15, -0.1) is 0 Å². The Hall–Kier alpha value is -1.34. The maximum Gasteiger partial charge on any atom is 0.219 e. The van der Waals surface area contributed by atoms with E-state index in [0.29, 0.717) is 18.2 Å². The zero-order valence-corrected chi connectivity index (χ0v) is 15.0. The number of nitrogens with one attached hydrogen (secondary N) is 2. The molecule has 7 heteroatoms. The van der Waals surface area contributed by atoms with E-state index in [2.05, 4.69) is 22.5 Å². The first-order valence-corrected chi connectivity index (χ1v) is 9.34. The molecule has 3 saturated heterocycles. The average molecular weight is 337 g/mol. The van der Waals surface area contributed by atoms with E-state index < -0.39 is 0 Å². The van der Waals surface area contributed by atoms with Gasteiger partial charge in [0, 0.05) is 46.2 Å². The Morgan fingerprint density at radius 1 is 1.25 bits per heavy atom. The molecular formula is C17H31N5O2. The summed E-state index contributed by atoms with van der Waals surface area (Å²) < 4.78 is 5.91. The summed E-state index contributed by atoms with van der Waals surface area (Å²) >= 11 is 0. The van der Waals surface area contributed by atoms with Crippen molar-refractivity contribution < 1.29 is 9.53 Å². The van der Waals surface area contributed by atoms with Crippen molar-refractivity contribution in [3.05, 3.63) is 0 Å². The molecular weight excluding hydrogens is 306 g/mol. The molecule has 1 amide bonds. The van der Waals surface area contributed by atoms with Gasteiger partial charge in [0.15, 0.2) is 5.96 Å². The van der Waals surface area contributed by atoms with Crippen molar-refractivity contribution >= 4 is 11.9 Å². The first-order valence-electron chi connectivity index (χ1n) is 9.34. The summed E-state index contributed by atoms with van der Waals surface area (Å²) in [7, 11) is 0. The van der Waals surface area contributed by atoms with E-state index in [-0.39, 0.29) is 5.91 Å². The Morgan fingerprint density at radius 3 is 2.62 bits per heavy atom. The Morgan fingerprint density at radius 2 is 2.04 bits per heavy atom. The first-order chi connectivity index (χ1) is 11.7. The quantitative estimate of drug-likeness (QED) is 0.547. The van der Waals surface area contributed by atoms with E-state index in [0.717, 1.165) is 58.2 Å². The molecule has 3 unspecified atom stereocenters. The maximum absolute atomic E-state index is 11.4. The second-order valence-corrected chi connectivity index (χ2v) is 6.97. The number of carbonyl (C=O) groups excluding carboxylic acids is 1. The molecule has 7 nitrogen and oxygen atoms in total. The molecule has 136 valence electrons. The van der Waals surface area contributed by atoms with Gasteiger partial charge in [0.25, 0.3) is 0 Å². The molecule has 0 radical (unpaired) electrons. The van der Waals surface area contributed by atoms with Crippen LogP contribution in [0.1, 0.15) is 33.1 Å². The highest BCUT2D eigenvalue weighted by Crippen LogP contribution is 2.34.